The van der Waals surface area contributed by atoms with Crippen molar-refractivity contribution < 1.29 is 4.74 Å². The van der Waals surface area contributed by atoms with E-state index < -0.39 is 0 Å². The molecule has 0 aliphatic carbocycles. The first-order valence-corrected chi connectivity index (χ1v) is 5.23. The summed E-state index contributed by atoms with van der Waals surface area (Å²) in [7, 11) is 0. The van der Waals surface area contributed by atoms with Gasteiger partial charge in [-0.3, -0.25) is 0 Å². The second kappa shape index (κ2) is 3.86. The highest BCUT2D eigenvalue weighted by molar-refractivity contribution is 5.55. The number of aromatic nitrogens is 4. The van der Waals surface area contributed by atoms with Gasteiger partial charge >= 0.3 is 0 Å². The van der Waals surface area contributed by atoms with Crippen LogP contribution in [0.4, 0.5) is 0 Å². The molecule has 0 N–H and O–H groups in total. The van der Waals surface area contributed by atoms with Crippen LogP contribution in [0.2, 0.25) is 0 Å². The monoisotopic (exact) mass is 226 g/mol. The number of hydrogen-bond acceptors (Lipinski definition) is 4. The fourth-order valence-corrected chi connectivity index (χ4v) is 1.64. The second-order valence-electron chi connectivity index (χ2n) is 3.65. The fourth-order valence-electron chi connectivity index (χ4n) is 1.64. The zero-order valence-corrected chi connectivity index (χ0v) is 9.24. The summed E-state index contributed by atoms with van der Waals surface area (Å²) in [5, 5.41) is 7.64. The molecule has 0 aliphatic heterocycles. The van der Waals surface area contributed by atoms with Crippen LogP contribution in [-0.4, -0.2) is 19.6 Å². The van der Waals surface area contributed by atoms with Gasteiger partial charge in [-0.25, -0.2) is 4.98 Å². The lowest BCUT2D eigenvalue weighted by atomic mass is 10.4. The Morgan fingerprint density at radius 1 is 1.24 bits per heavy atom. The van der Waals surface area contributed by atoms with Gasteiger partial charge < -0.3 is 9.14 Å². The molecule has 84 valence electrons. The minimum absolute atomic E-state index is 0.459. The van der Waals surface area contributed by atoms with Crippen LogP contribution >= 0.6 is 0 Å². The fraction of sp³-hybridized carbons (Fsp3) is 0.0833. The molecule has 0 fully saturated rings. The van der Waals surface area contributed by atoms with Gasteiger partial charge in [0.05, 0.1) is 5.69 Å². The van der Waals surface area contributed by atoms with E-state index in [4.69, 9.17) is 4.74 Å². The number of ether oxygens (including phenoxy) is 1. The van der Waals surface area contributed by atoms with Gasteiger partial charge in [0.15, 0.2) is 11.4 Å². The third kappa shape index (κ3) is 1.82. The van der Waals surface area contributed by atoms with Crippen LogP contribution in [0.5, 0.6) is 11.6 Å². The van der Waals surface area contributed by atoms with Crippen LogP contribution in [0.15, 0.2) is 42.9 Å². The zero-order chi connectivity index (χ0) is 11.7. The van der Waals surface area contributed by atoms with E-state index in [9.17, 15) is 0 Å². The van der Waals surface area contributed by atoms with E-state index in [1.54, 1.807) is 18.3 Å². The second-order valence-corrected chi connectivity index (χ2v) is 3.65. The van der Waals surface area contributed by atoms with Gasteiger partial charge in [-0.05, 0) is 25.1 Å². The van der Waals surface area contributed by atoms with Crippen molar-refractivity contribution >= 4 is 5.65 Å². The minimum Gasteiger partial charge on any atom is -0.434 e. The SMILES string of the molecule is Cc1cn2cccc(Oc3cccnn3)c2n1. The molecule has 0 atom stereocenters. The molecule has 0 bridgehead atoms. The molecule has 3 heterocycles. The van der Waals surface area contributed by atoms with Gasteiger partial charge in [-0.1, -0.05) is 0 Å². The lowest BCUT2D eigenvalue weighted by molar-refractivity contribution is 0.457. The van der Waals surface area contributed by atoms with Gasteiger partial charge in [0, 0.05) is 24.7 Å². The molecule has 5 nitrogen and oxygen atoms in total. The van der Waals surface area contributed by atoms with E-state index in [2.05, 4.69) is 15.2 Å². The first-order valence-electron chi connectivity index (χ1n) is 5.23. The summed E-state index contributed by atoms with van der Waals surface area (Å²) in [5.74, 6) is 1.13. The zero-order valence-electron chi connectivity index (χ0n) is 9.24. The molecule has 0 amide bonds. The number of hydrogen-bond donors (Lipinski definition) is 0. The summed E-state index contributed by atoms with van der Waals surface area (Å²) in [5.41, 5.74) is 1.72. The van der Waals surface area contributed by atoms with Gasteiger partial charge in [0.2, 0.25) is 5.88 Å². The smallest absolute Gasteiger partial charge is 0.239 e. The molecular formula is C12H10N4O. The number of rotatable bonds is 2. The van der Waals surface area contributed by atoms with Crippen molar-refractivity contribution in [2.24, 2.45) is 0 Å². The highest BCUT2D eigenvalue weighted by atomic mass is 16.5. The maximum absolute atomic E-state index is 5.65. The van der Waals surface area contributed by atoms with Crippen molar-refractivity contribution in [2.45, 2.75) is 6.92 Å². The summed E-state index contributed by atoms with van der Waals surface area (Å²) in [6, 6.07) is 7.29. The maximum atomic E-state index is 5.65. The summed E-state index contributed by atoms with van der Waals surface area (Å²) in [6.45, 7) is 1.94. The van der Waals surface area contributed by atoms with Gasteiger partial charge in [0.1, 0.15) is 0 Å². The van der Waals surface area contributed by atoms with Crippen molar-refractivity contribution in [1.82, 2.24) is 19.6 Å². The predicted octanol–water partition coefficient (Wildman–Crippen LogP) is 2.23. The third-order valence-corrected chi connectivity index (χ3v) is 2.33. The van der Waals surface area contributed by atoms with Crippen LogP contribution in [-0.2, 0) is 0 Å². The Morgan fingerprint density at radius 3 is 3.00 bits per heavy atom. The Hall–Kier alpha value is -2.43. The van der Waals surface area contributed by atoms with Gasteiger partial charge in [-0.2, -0.15) is 5.10 Å². The average Bonchev–Trinajstić information content (AvgIpc) is 2.72. The van der Waals surface area contributed by atoms with Gasteiger partial charge in [0.25, 0.3) is 0 Å². The quantitative estimate of drug-likeness (QED) is 0.672. The molecule has 0 unspecified atom stereocenters. The number of nitrogens with zero attached hydrogens (tertiary/aromatic N) is 4. The van der Waals surface area contributed by atoms with E-state index in [0.29, 0.717) is 11.6 Å². The first kappa shape index (κ1) is 9.77. The highest BCUT2D eigenvalue weighted by Gasteiger charge is 2.06. The standard InChI is InChI=1S/C12H10N4O/c1-9-8-16-7-3-4-10(12(16)14-9)17-11-5-2-6-13-15-11/h2-8H,1H3. The first-order chi connectivity index (χ1) is 8.33. The average molecular weight is 226 g/mol. The Balaban J connectivity index is 2.06. The van der Waals surface area contributed by atoms with Crippen molar-refractivity contribution in [3.63, 3.8) is 0 Å². The largest absolute Gasteiger partial charge is 0.434 e. The summed E-state index contributed by atoms with van der Waals surface area (Å²) >= 11 is 0. The van der Waals surface area contributed by atoms with Crippen molar-refractivity contribution in [3.8, 4) is 11.6 Å². The van der Waals surface area contributed by atoms with Gasteiger partial charge in [-0.15, -0.1) is 5.10 Å². The Bertz CT molecular complexity index is 648. The Labute approximate surface area is 97.7 Å². The van der Waals surface area contributed by atoms with E-state index in [1.807, 2.05) is 35.9 Å². The van der Waals surface area contributed by atoms with Crippen molar-refractivity contribution in [3.05, 3.63) is 48.5 Å². The van der Waals surface area contributed by atoms with Crippen LogP contribution in [0.1, 0.15) is 5.69 Å². The Kier molecular flexibility index (Phi) is 2.22. The van der Waals surface area contributed by atoms with E-state index in [0.717, 1.165) is 11.3 Å². The molecular weight excluding hydrogens is 216 g/mol. The molecule has 0 saturated carbocycles. The molecule has 17 heavy (non-hydrogen) atoms. The lowest BCUT2D eigenvalue weighted by Crippen LogP contribution is -1.92. The summed E-state index contributed by atoms with van der Waals surface area (Å²) in [4.78, 5) is 4.40. The molecule has 3 aromatic rings. The van der Waals surface area contributed by atoms with Crippen molar-refractivity contribution in [1.29, 1.82) is 0 Å². The van der Waals surface area contributed by atoms with Crippen LogP contribution < -0.4 is 4.74 Å². The molecule has 0 spiro atoms. The van der Waals surface area contributed by atoms with E-state index in [-0.39, 0.29) is 0 Å². The number of pyridine rings is 1. The van der Waals surface area contributed by atoms with E-state index >= 15 is 0 Å². The molecule has 3 rings (SSSR count). The Morgan fingerprint density at radius 2 is 2.18 bits per heavy atom. The molecule has 0 aliphatic rings. The minimum atomic E-state index is 0.459. The molecule has 0 aromatic carbocycles. The number of imidazole rings is 1. The maximum Gasteiger partial charge on any atom is 0.239 e. The normalized spacial score (nSPS) is 10.6. The third-order valence-electron chi connectivity index (χ3n) is 2.33. The molecule has 3 aromatic heterocycles. The highest BCUT2D eigenvalue weighted by Crippen LogP contribution is 2.23. The molecule has 5 heteroatoms. The van der Waals surface area contributed by atoms with Crippen LogP contribution in [0, 0.1) is 6.92 Å². The van der Waals surface area contributed by atoms with Crippen molar-refractivity contribution in [2.75, 3.05) is 0 Å². The molecule has 0 saturated heterocycles. The number of aryl methyl sites for hydroxylation is 1. The molecule has 0 radical (unpaired) electrons. The summed E-state index contributed by atoms with van der Waals surface area (Å²) < 4.78 is 7.57. The predicted molar refractivity (Wildman–Crippen MR) is 62.0 cm³/mol. The van der Waals surface area contributed by atoms with Crippen LogP contribution in [0.25, 0.3) is 5.65 Å². The van der Waals surface area contributed by atoms with Crippen LogP contribution in [0.3, 0.4) is 0 Å². The lowest BCUT2D eigenvalue weighted by Gasteiger charge is -2.04. The summed E-state index contributed by atoms with van der Waals surface area (Å²) in [6.07, 6.45) is 5.48. The van der Waals surface area contributed by atoms with E-state index in [1.165, 1.54) is 0 Å². The number of fused-ring (bicyclic) bond motifs is 1. The topological polar surface area (TPSA) is 52.3 Å².